The summed E-state index contributed by atoms with van der Waals surface area (Å²) in [6.07, 6.45) is 1.66. The molecule has 0 aliphatic heterocycles. The summed E-state index contributed by atoms with van der Waals surface area (Å²) in [5.41, 5.74) is 1.76. The number of benzene rings is 1. The van der Waals surface area contributed by atoms with E-state index in [-0.39, 0.29) is 6.42 Å². The minimum absolute atomic E-state index is 0.0182. The number of halogens is 2. The average molecular weight is 467 g/mol. The maximum atomic E-state index is 11.9. The molecule has 0 bridgehead atoms. The van der Waals surface area contributed by atoms with Gasteiger partial charge in [0.1, 0.15) is 5.01 Å². The monoisotopic (exact) mass is 465 g/mol. The minimum Gasteiger partial charge on any atom is -0.455 e. The number of esters is 1. The Balaban J connectivity index is 1.49. The lowest BCUT2D eigenvalue weighted by molar-refractivity contribution is -0.146. The van der Waals surface area contributed by atoms with Gasteiger partial charge in [0.2, 0.25) is 0 Å². The second-order valence-corrected chi connectivity index (χ2v) is 7.55. The molecule has 0 radical (unpaired) electrons. The van der Waals surface area contributed by atoms with Gasteiger partial charge in [0.25, 0.3) is 5.91 Å². The van der Waals surface area contributed by atoms with Crippen LogP contribution in [0.4, 0.5) is 5.69 Å². The number of hydrogen-bond acceptors (Lipinski definition) is 6. The molecule has 0 fully saturated rings. The van der Waals surface area contributed by atoms with Crippen LogP contribution < -0.4 is 5.32 Å². The van der Waals surface area contributed by atoms with Gasteiger partial charge in [0, 0.05) is 16.0 Å². The maximum absolute atomic E-state index is 11.9. The highest BCUT2D eigenvalue weighted by atomic mass is 79.9. The molecule has 0 saturated carbocycles. The van der Waals surface area contributed by atoms with Crippen molar-refractivity contribution >= 4 is 56.4 Å². The predicted molar refractivity (Wildman–Crippen MR) is 108 cm³/mol. The Morgan fingerprint density at radius 3 is 2.85 bits per heavy atom. The quantitative estimate of drug-likeness (QED) is 0.546. The smallest absolute Gasteiger partial charge is 0.312 e. The Morgan fingerprint density at radius 2 is 2.11 bits per heavy atom. The van der Waals surface area contributed by atoms with Gasteiger partial charge in [0.15, 0.2) is 6.61 Å². The van der Waals surface area contributed by atoms with Crippen LogP contribution in [0.3, 0.4) is 0 Å². The van der Waals surface area contributed by atoms with Gasteiger partial charge < -0.3 is 10.1 Å². The van der Waals surface area contributed by atoms with Crippen LogP contribution in [0.5, 0.6) is 0 Å². The number of aromatic nitrogens is 2. The van der Waals surface area contributed by atoms with E-state index in [2.05, 4.69) is 31.2 Å². The van der Waals surface area contributed by atoms with Crippen LogP contribution in [0.15, 0.2) is 52.4 Å². The third-order valence-electron chi connectivity index (χ3n) is 3.33. The predicted octanol–water partition coefficient (Wildman–Crippen LogP) is 4.35. The van der Waals surface area contributed by atoms with Gasteiger partial charge in [-0.05, 0) is 30.3 Å². The molecule has 2 heterocycles. The van der Waals surface area contributed by atoms with E-state index in [1.165, 1.54) is 11.3 Å². The molecule has 1 amide bonds. The van der Waals surface area contributed by atoms with Crippen molar-refractivity contribution in [2.24, 2.45) is 0 Å². The summed E-state index contributed by atoms with van der Waals surface area (Å²) in [5.74, 6) is -1.01. The van der Waals surface area contributed by atoms with Crippen LogP contribution in [-0.2, 0) is 20.7 Å². The standard InChI is InChI=1S/C18H13BrClN3O3S/c19-11-4-5-14(13(20)7-11)23-16(24)9-26-17(25)8-12-10-27-18(22-12)15-3-1-2-6-21-15/h1-7,10H,8-9H2,(H,23,24). The Bertz CT molecular complexity index is 965. The van der Waals surface area contributed by atoms with Gasteiger partial charge in [-0.25, -0.2) is 4.98 Å². The lowest BCUT2D eigenvalue weighted by Crippen LogP contribution is -2.21. The number of carbonyl (C=O) groups is 2. The zero-order chi connectivity index (χ0) is 19.2. The summed E-state index contributed by atoms with van der Waals surface area (Å²) in [4.78, 5) is 32.4. The van der Waals surface area contributed by atoms with E-state index in [4.69, 9.17) is 16.3 Å². The fourth-order valence-corrected chi connectivity index (χ4v) is 3.63. The Kier molecular flexibility index (Phi) is 6.54. The first-order valence-corrected chi connectivity index (χ1v) is 9.82. The second kappa shape index (κ2) is 9.07. The lowest BCUT2D eigenvalue weighted by Gasteiger charge is -2.08. The molecule has 3 aromatic rings. The average Bonchev–Trinajstić information content (AvgIpc) is 3.11. The Morgan fingerprint density at radius 1 is 1.26 bits per heavy atom. The van der Waals surface area contributed by atoms with E-state index in [0.29, 0.717) is 16.4 Å². The maximum Gasteiger partial charge on any atom is 0.312 e. The van der Waals surface area contributed by atoms with Crippen molar-refractivity contribution in [2.75, 3.05) is 11.9 Å². The zero-order valence-corrected chi connectivity index (χ0v) is 17.0. The summed E-state index contributed by atoms with van der Waals surface area (Å²) in [7, 11) is 0. The van der Waals surface area contributed by atoms with Crippen molar-refractivity contribution < 1.29 is 14.3 Å². The van der Waals surface area contributed by atoms with Crippen molar-refractivity contribution in [1.82, 2.24) is 9.97 Å². The van der Waals surface area contributed by atoms with Crippen molar-refractivity contribution in [3.05, 3.63) is 63.2 Å². The van der Waals surface area contributed by atoms with Crippen LogP contribution >= 0.6 is 38.9 Å². The summed E-state index contributed by atoms with van der Waals surface area (Å²) < 4.78 is 5.80. The van der Waals surface area contributed by atoms with Crippen LogP contribution in [0.2, 0.25) is 5.02 Å². The molecule has 6 nitrogen and oxygen atoms in total. The highest BCUT2D eigenvalue weighted by Gasteiger charge is 2.13. The number of nitrogens with one attached hydrogen (secondary N) is 1. The molecular weight excluding hydrogens is 454 g/mol. The van der Waals surface area contributed by atoms with Crippen LogP contribution in [0.1, 0.15) is 5.69 Å². The van der Waals surface area contributed by atoms with Gasteiger partial charge in [-0.1, -0.05) is 33.6 Å². The third kappa shape index (κ3) is 5.59. The molecule has 2 aromatic heterocycles. The largest absolute Gasteiger partial charge is 0.455 e. The lowest BCUT2D eigenvalue weighted by atomic mass is 10.3. The zero-order valence-electron chi connectivity index (χ0n) is 13.8. The number of thiazole rings is 1. The van der Waals surface area contributed by atoms with Gasteiger partial charge in [0.05, 0.1) is 28.5 Å². The summed E-state index contributed by atoms with van der Waals surface area (Å²) in [6, 6.07) is 10.6. The molecule has 9 heteroatoms. The van der Waals surface area contributed by atoms with Gasteiger partial charge >= 0.3 is 5.97 Å². The Hall–Kier alpha value is -2.29. The highest BCUT2D eigenvalue weighted by Crippen LogP contribution is 2.25. The SMILES string of the molecule is O=C(COC(=O)Cc1csc(-c2ccccn2)n1)Nc1ccc(Br)cc1Cl. The first kappa shape index (κ1) is 19.5. The van der Waals surface area contributed by atoms with E-state index in [1.807, 2.05) is 18.2 Å². The molecule has 1 aromatic carbocycles. The van der Waals surface area contributed by atoms with Gasteiger partial charge in [-0.15, -0.1) is 11.3 Å². The van der Waals surface area contributed by atoms with Crippen LogP contribution in [0, 0.1) is 0 Å². The summed E-state index contributed by atoms with van der Waals surface area (Å²) in [6.45, 7) is -0.400. The van der Waals surface area contributed by atoms with Crippen molar-refractivity contribution in [3.8, 4) is 10.7 Å². The number of amides is 1. The molecule has 0 atom stereocenters. The van der Waals surface area contributed by atoms with E-state index >= 15 is 0 Å². The van der Waals surface area contributed by atoms with E-state index in [0.717, 1.165) is 15.2 Å². The highest BCUT2D eigenvalue weighted by molar-refractivity contribution is 9.10. The number of rotatable bonds is 6. The third-order valence-corrected chi connectivity index (χ3v) is 5.05. The molecule has 1 N–H and O–H groups in total. The second-order valence-electron chi connectivity index (χ2n) is 5.37. The normalized spacial score (nSPS) is 10.4. The molecule has 27 heavy (non-hydrogen) atoms. The molecule has 138 valence electrons. The fraction of sp³-hybridized carbons (Fsp3) is 0.111. The first-order valence-electron chi connectivity index (χ1n) is 7.77. The van der Waals surface area contributed by atoms with E-state index in [1.54, 1.807) is 29.8 Å². The van der Waals surface area contributed by atoms with Gasteiger partial charge in [-0.3, -0.25) is 14.6 Å². The number of nitrogens with zero attached hydrogens (tertiary/aromatic N) is 2. The molecular formula is C18H13BrClN3O3S. The molecule has 0 saturated heterocycles. The Labute approximate surface area is 172 Å². The molecule has 3 rings (SSSR count). The number of pyridine rings is 1. The van der Waals surface area contributed by atoms with E-state index < -0.39 is 18.5 Å². The number of carbonyl (C=O) groups excluding carboxylic acids is 2. The van der Waals surface area contributed by atoms with E-state index in [9.17, 15) is 9.59 Å². The van der Waals surface area contributed by atoms with Gasteiger partial charge in [-0.2, -0.15) is 0 Å². The van der Waals surface area contributed by atoms with Crippen molar-refractivity contribution in [1.29, 1.82) is 0 Å². The number of anilines is 1. The van der Waals surface area contributed by atoms with Crippen molar-refractivity contribution in [3.63, 3.8) is 0 Å². The summed E-state index contributed by atoms with van der Waals surface area (Å²) >= 11 is 10.7. The van der Waals surface area contributed by atoms with Crippen LogP contribution in [-0.4, -0.2) is 28.5 Å². The van der Waals surface area contributed by atoms with Crippen LogP contribution in [0.25, 0.3) is 10.7 Å². The number of ether oxygens (including phenoxy) is 1. The number of hydrogen-bond donors (Lipinski definition) is 1. The molecule has 0 aliphatic carbocycles. The fourth-order valence-electron chi connectivity index (χ4n) is 2.12. The molecule has 0 aliphatic rings. The molecule has 0 unspecified atom stereocenters. The first-order chi connectivity index (χ1) is 13.0. The molecule has 0 spiro atoms. The minimum atomic E-state index is -0.537. The summed E-state index contributed by atoms with van der Waals surface area (Å²) in [5, 5.41) is 5.47. The van der Waals surface area contributed by atoms with Crippen molar-refractivity contribution in [2.45, 2.75) is 6.42 Å². The topological polar surface area (TPSA) is 81.2 Å².